The summed E-state index contributed by atoms with van der Waals surface area (Å²) < 4.78 is 16.1. The summed E-state index contributed by atoms with van der Waals surface area (Å²) in [6.45, 7) is 1.44. The number of rotatable bonds is 9. The third-order valence-corrected chi connectivity index (χ3v) is 4.94. The Balaban J connectivity index is 1.63. The number of carbonyl (C=O) groups is 2. The van der Waals surface area contributed by atoms with E-state index in [0.29, 0.717) is 5.56 Å². The highest BCUT2D eigenvalue weighted by Crippen LogP contribution is 2.29. The zero-order chi connectivity index (χ0) is 25.4. The fraction of sp³-hybridized carbons (Fsp3) is 0.125. The Kier molecular flexibility index (Phi) is 8.36. The van der Waals surface area contributed by atoms with Gasteiger partial charge < -0.3 is 14.2 Å². The first kappa shape index (κ1) is 25.2. The molecule has 0 fully saturated rings. The summed E-state index contributed by atoms with van der Waals surface area (Å²) in [6, 6.07) is 16.9. The van der Waals surface area contributed by atoms with Gasteiger partial charge in [0.15, 0.2) is 23.4 Å². The number of amides is 1. The molecule has 0 heterocycles. The van der Waals surface area contributed by atoms with E-state index in [-0.39, 0.29) is 33.5 Å². The van der Waals surface area contributed by atoms with E-state index in [1.165, 1.54) is 44.5 Å². The number of para-hydroxylation sites is 2. The van der Waals surface area contributed by atoms with E-state index in [0.717, 1.165) is 0 Å². The molecule has 3 aromatic rings. The number of nitrogens with zero attached hydrogens (tertiary/aromatic N) is 2. The zero-order valence-corrected chi connectivity index (χ0v) is 19.4. The van der Waals surface area contributed by atoms with Gasteiger partial charge in [0, 0.05) is 6.07 Å². The van der Waals surface area contributed by atoms with Crippen LogP contribution in [0.1, 0.15) is 22.8 Å². The molecule has 0 aliphatic rings. The molecule has 0 radical (unpaired) electrons. The highest BCUT2D eigenvalue weighted by molar-refractivity contribution is 6.33. The predicted molar refractivity (Wildman–Crippen MR) is 128 cm³/mol. The number of nitro benzene ring substituents is 1. The lowest BCUT2D eigenvalue weighted by Crippen LogP contribution is -2.33. The number of hydrogen-bond donors (Lipinski definition) is 1. The molecule has 3 rings (SSSR count). The van der Waals surface area contributed by atoms with Gasteiger partial charge >= 0.3 is 11.7 Å². The molecule has 10 nitrogen and oxygen atoms in total. The van der Waals surface area contributed by atoms with Gasteiger partial charge in [-0.15, -0.1) is 0 Å². The summed E-state index contributed by atoms with van der Waals surface area (Å²) >= 11 is 6.03. The Labute approximate surface area is 205 Å². The van der Waals surface area contributed by atoms with Crippen molar-refractivity contribution >= 4 is 35.4 Å². The first-order valence-electron chi connectivity index (χ1n) is 10.2. The largest absolute Gasteiger partial charge is 0.493 e. The zero-order valence-electron chi connectivity index (χ0n) is 18.6. The molecule has 1 unspecified atom stereocenters. The molecule has 0 aliphatic carbocycles. The topological polar surface area (TPSA) is 129 Å². The lowest BCUT2D eigenvalue weighted by Gasteiger charge is -2.13. The summed E-state index contributed by atoms with van der Waals surface area (Å²) in [6.07, 6.45) is 0.298. The summed E-state index contributed by atoms with van der Waals surface area (Å²) in [5, 5.41) is 15.2. The van der Waals surface area contributed by atoms with Crippen LogP contribution in [0.3, 0.4) is 0 Å². The first-order chi connectivity index (χ1) is 16.8. The third-order valence-electron chi connectivity index (χ3n) is 4.61. The van der Waals surface area contributed by atoms with Crippen molar-refractivity contribution in [3.63, 3.8) is 0 Å². The van der Waals surface area contributed by atoms with E-state index in [9.17, 15) is 19.7 Å². The highest BCUT2D eigenvalue weighted by atomic mass is 35.5. The van der Waals surface area contributed by atoms with Crippen molar-refractivity contribution in [2.75, 3.05) is 7.11 Å². The van der Waals surface area contributed by atoms with Crippen molar-refractivity contribution in [1.29, 1.82) is 0 Å². The summed E-state index contributed by atoms with van der Waals surface area (Å²) in [4.78, 5) is 35.2. The molecule has 3 aromatic carbocycles. The predicted octanol–water partition coefficient (Wildman–Crippen LogP) is 4.39. The van der Waals surface area contributed by atoms with Crippen LogP contribution in [0.4, 0.5) is 5.69 Å². The molecule has 180 valence electrons. The minimum absolute atomic E-state index is 0.0317. The Hall–Kier alpha value is -4.44. The molecule has 0 aromatic heterocycles. The van der Waals surface area contributed by atoms with E-state index in [1.54, 1.807) is 42.5 Å². The van der Waals surface area contributed by atoms with Crippen LogP contribution in [0, 0.1) is 10.1 Å². The van der Waals surface area contributed by atoms with E-state index < -0.39 is 22.9 Å². The number of benzene rings is 3. The quantitative estimate of drug-likeness (QED) is 0.152. The summed E-state index contributed by atoms with van der Waals surface area (Å²) in [7, 11) is 1.41. The number of hydrogen-bond acceptors (Lipinski definition) is 8. The Morgan fingerprint density at radius 2 is 1.77 bits per heavy atom. The Bertz CT molecular complexity index is 1280. The summed E-state index contributed by atoms with van der Waals surface area (Å²) in [5.41, 5.74) is 2.80. The molecule has 1 atom stereocenters. The second-order valence-corrected chi connectivity index (χ2v) is 7.41. The number of nitrogens with one attached hydrogen (secondary N) is 1. The average molecular weight is 498 g/mol. The smallest absolute Gasteiger partial charge is 0.345 e. The van der Waals surface area contributed by atoms with Gasteiger partial charge in [0.25, 0.3) is 5.91 Å². The normalized spacial score (nSPS) is 11.5. The van der Waals surface area contributed by atoms with Crippen LogP contribution in [-0.2, 0) is 4.79 Å². The van der Waals surface area contributed by atoms with Gasteiger partial charge in [-0.1, -0.05) is 35.9 Å². The molecule has 0 bridgehead atoms. The number of esters is 1. The Morgan fingerprint density at radius 1 is 1.06 bits per heavy atom. The molecule has 0 aliphatic heterocycles. The lowest BCUT2D eigenvalue weighted by atomic mass is 10.2. The highest BCUT2D eigenvalue weighted by Gasteiger charge is 2.20. The van der Waals surface area contributed by atoms with Crippen LogP contribution in [0.25, 0.3) is 0 Å². The van der Waals surface area contributed by atoms with Crippen molar-refractivity contribution in [2.24, 2.45) is 5.10 Å². The number of methoxy groups -OCH3 is 1. The minimum Gasteiger partial charge on any atom is -0.493 e. The summed E-state index contributed by atoms with van der Waals surface area (Å²) in [5.74, 6) is -0.860. The molecule has 0 saturated carbocycles. The monoisotopic (exact) mass is 497 g/mol. The standard InChI is InChI=1S/C24H20ClN3O7/c1-15(34-20-10-6-5-9-19(20)28(31)32)23(29)27-26-14-16-11-12-21(22(13-16)33-2)35-24(30)17-7-3-4-8-18(17)25/h3-15H,1-2H3,(H,27,29). The van der Waals surface area contributed by atoms with Gasteiger partial charge in [-0.3, -0.25) is 14.9 Å². The lowest BCUT2D eigenvalue weighted by molar-refractivity contribution is -0.386. The van der Waals surface area contributed by atoms with Crippen LogP contribution in [-0.4, -0.2) is 36.2 Å². The van der Waals surface area contributed by atoms with Gasteiger partial charge in [0.1, 0.15) is 0 Å². The van der Waals surface area contributed by atoms with E-state index in [4.69, 9.17) is 25.8 Å². The molecular weight excluding hydrogens is 478 g/mol. The second-order valence-electron chi connectivity index (χ2n) is 7.00. The van der Waals surface area contributed by atoms with Crippen molar-refractivity contribution in [3.05, 3.63) is 93.0 Å². The van der Waals surface area contributed by atoms with Crippen molar-refractivity contribution in [1.82, 2.24) is 5.43 Å². The van der Waals surface area contributed by atoms with Crippen molar-refractivity contribution in [3.8, 4) is 17.2 Å². The fourth-order valence-electron chi connectivity index (χ4n) is 2.84. The van der Waals surface area contributed by atoms with Gasteiger partial charge in [0.05, 0.1) is 28.8 Å². The molecule has 0 spiro atoms. The number of ether oxygens (including phenoxy) is 3. The molecular formula is C24H20ClN3O7. The fourth-order valence-corrected chi connectivity index (χ4v) is 3.06. The van der Waals surface area contributed by atoms with Gasteiger partial charge in [-0.25, -0.2) is 10.2 Å². The minimum atomic E-state index is -1.05. The SMILES string of the molecule is COc1cc(C=NNC(=O)C(C)Oc2ccccc2[N+](=O)[O-])ccc1OC(=O)c1ccccc1Cl. The maximum atomic E-state index is 12.4. The van der Waals surface area contributed by atoms with Crippen molar-refractivity contribution < 1.29 is 28.7 Å². The van der Waals surface area contributed by atoms with Crippen LogP contribution >= 0.6 is 11.6 Å². The molecule has 35 heavy (non-hydrogen) atoms. The molecule has 0 saturated heterocycles. The van der Waals surface area contributed by atoms with Crippen LogP contribution in [0.5, 0.6) is 17.2 Å². The van der Waals surface area contributed by atoms with E-state index in [1.807, 2.05) is 0 Å². The van der Waals surface area contributed by atoms with Gasteiger partial charge in [-0.2, -0.15) is 5.10 Å². The first-order valence-corrected chi connectivity index (χ1v) is 10.6. The average Bonchev–Trinajstić information content (AvgIpc) is 2.85. The number of carbonyl (C=O) groups excluding carboxylic acids is 2. The van der Waals surface area contributed by atoms with E-state index in [2.05, 4.69) is 10.5 Å². The third kappa shape index (κ3) is 6.55. The number of nitro groups is 1. The second kappa shape index (κ2) is 11.6. The maximum absolute atomic E-state index is 12.4. The van der Waals surface area contributed by atoms with Gasteiger partial charge in [-0.05, 0) is 48.9 Å². The molecule has 11 heteroatoms. The molecule has 1 amide bonds. The van der Waals surface area contributed by atoms with Crippen LogP contribution in [0.2, 0.25) is 5.02 Å². The molecule has 1 N–H and O–H groups in total. The number of hydrazone groups is 1. The van der Waals surface area contributed by atoms with Crippen molar-refractivity contribution in [2.45, 2.75) is 13.0 Å². The Morgan fingerprint density at radius 3 is 2.49 bits per heavy atom. The van der Waals surface area contributed by atoms with E-state index >= 15 is 0 Å². The van der Waals surface area contributed by atoms with Crippen LogP contribution in [0.15, 0.2) is 71.8 Å². The van der Waals surface area contributed by atoms with Crippen LogP contribution < -0.4 is 19.6 Å². The number of halogens is 1. The van der Waals surface area contributed by atoms with Gasteiger partial charge in [0.2, 0.25) is 0 Å². The maximum Gasteiger partial charge on any atom is 0.345 e.